The van der Waals surface area contributed by atoms with E-state index in [0.717, 1.165) is 21.5 Å². The third-order valence-electron chi connectivity index (χ3n) is 6.67. The quantitative estimate of drug-likeness (QED) is 0.540. The number of halogens is 1. The fraction of sp³-hybridized carbons (Fsp3) is 0.417. The molecule has 2 aliphatic rings. The smallest absolute Gasteiger partial charge is 0.263 e. The van der Waals surface area contributed by atoms with Crippen LogP contribution in [0.4, 0.5) is 10.1 Å². The summed E-state index contributed by atoms with van der Waals surface area (Å²) in [6.45, 7) is 2.08. The third-order valence-corrected chi connectivity index (χ3v) is 7.79. The number of carbonyl (C=O) groups excluding carboxylic acids is 1. The van der Waals surface area contributed by atoms with Gasteiger partial charge >= 0.3 is 0 Å². The number of nitrogen functional groups attached to an aromatic ring is 1. The van der Waals surface area contributed by atoms with Gasteiger partial charge in [-0.25, -0.2) is 9.37 Å². The van der Waals surface area contributed by atoms with Crippen molar-refractivity contribution < 1.29 is 18.7 Å². The second-order valence-electron chi connectivity index (χ2n) is 8.90. The summed E-state index contributed by atoms with van der Waals surface area (Å²) in [5.74, 6) is -0.327. The highest BCUT2D eigenvalue weighted by atomic mass is 32.1. The number of methoxy groups -OCH3 is 1. The Bertz CT molecular complexity index is 1230. The molecule has 1 aliphatic heterocycles. The molecular weight excluding hydrogens is 443 g/mol. The van der Waals surface area contributed by atoms with E-state index >= 15 is 4.39 Å². The normalized spacial score (nSPS) is 24.5. The number of hydrogen-bond donors (Lipinski definition) is 3. The second-order valence-corrected chi connectivity index (χ2v) is 9.90. The van der Waals surface area contributed by atoms with E-state index in [1.807, 2.05) is 31.2 Å². The lowest BCUT2D eigenvalue weighted by atomic mass is 9.92. The number of aryl methyl sites for hydroxylation is 1. The second kappa shape index (κ2) is 8.55. The number of amides is 1. The average Bonchev–Trinajstić information content (AvgIpc) is 3.33. The number of nitrogens with zero attached hydrogens (tertiary/aromatic N) is 1. The van der Waals surface area contributed by atoms with Crippen molar-refractivity contribution in [2.45, 2.75) is 50.3 Å². The summed E-state index contributed by atoms with van der Waals surface area (Å²) in [6.07, 6.45) is 1.78. The van der Waals surface area contributed by atoms with Gasteiger partial charge < -0.3 is 26.3 Å². The summed E-state index contributed by atoms with van der Waals surface area (Å²) in [6, 6.07) is 7.07. The first-order chi connectivity index (χ1) is 15.9. The Morgan fingerprint density at radius 2 is 2.12 bits per heavy atom. The number of rotatable bonds is 4. The largest absolute Gasteiger partial charge is 0.488 e. The van der Waals surface area contributed by atoms with Crippen LogP contribution < -0.4 is 21.5 Å². The monoisotopic (exact) mass is 470 g/mol. The molecule has 1 aliphatic carbocycles. The fourth-order valence-corrected chi connectivity index (χ4v) is 5.95. The standard InChI is InChI=1S/C24H27FN4O3S/c1-11-3-5-16-20(27)22(33-24(16)28-11)23(30)29-14-7-12-4-6-15(19(25)21(12)32-10-14)13-8-17(26)18(9-13)31-2/h3-6,13-14,17-18H,7-10,26-27H2,1-2H3,(H,29,30)/t13?,14-,17-,18-/m1/s1. The Morgan fingerprint density at radius 3 is 2.88 bits per heavy atom. The van der Waals surface area contributed by atoms with E-state index in [9.17, 15) is 4.79 Å². The molecule has 1 aromatic carbocycles. The van der Waals surface area contributed by atoms with Crippen LogP contribution in [-0.2, 0) is 11.2 Å². The highest BCUT2D eigenvalue weighted by Crippen LogP contribution is 2.40. The van der Waals surface area contributed by atoms with Gasteiger partial charge in [0.05, 0.1) is 17.8 Å². The fourth-order valence-electron chi connectivity index (χ4n) is 4.91. The molecule has 0 bridgehead atoms. The summed E-state index contributed by atoms with van der Waals surface area (Å²) in [5, 5.41) is 3.76. The van der Waals surface area contributed by atoms with Crippen molar-refractivity contribution in [3.05, 3.63) is 51.8 Å². The first-order valence-electron chi connectivity index (χ1n) is 11.0. The minimum atomic E-state index is -0.332. The zero-order valence-corrected chi connectivity index (χ0v) is 19.4. The lowest BCUT2D eigenvalue weighted by Gasteiger charge is -2.27. The minimum Gasteiger partial charge on any atom is -0.488 e. The van der Waals surface area contributed by atoms with Crippen LogP contribution in [0.1, 0.15) is 45.3 Å². The zero-order valence-electron chi connectivity index (χ0n) is 18.6. The van der Waals surface area contributed by atoms with Crippen molar-refractivity contribution in [2.75, 3.05) is 19.5 Å². The molecule has 0 saturated heterocycles. The SMILES string of the molecule is CO[C@@H]1CC(c2ccc3c(c2F)OC[C@H](NC(=O)c2sc4nc(C)ccc4c2N)C3)C[C@H]1N. The maximum atomic E-state index is 15.3. The molecule has 1 amide bonds. The maximum absolute atomic E-state index is 15.3. The Labute approximate surface area is 195 Å². The summed E-state index contributed by atoms with van der Waals surface area (Å²) in [4.78, 5) is 18.5. The molecule has 3 aromatic rings. The van der Waals surface area contributed by atoms with Crippen molar-refractivity contribution in [2.24, 2.45) is 5.73 Å². The molecule has 174 valence electrons. The summed E-state index contributed by atoms with van der Waals surface area (Å²) in [5.41, 5.74) is 15.0. The van der Waals surface area contributed by atoms with Crippen LogP contribution in [-0.4, -0.2) is 42.8 Å². The minimum absolute atomic E-state index is 0.00413. The number of aromatic nitrogens is 1. The zero-order chi connectivity index (χ0) is 23.3. The van der Waals surface area contributed by atoms with Crippen molar-refractivity contribution in [3.8, 4) is 5.75 Å². The van der Waals surface area contributed by atoms with Gasteiger partial charge in [-0.1, -0.05) is 12.1 Å². The van der Waals surface area contributed by atoms with Crippen LogP contribution in [0, 0.1) is 12.7 Å². The van der Waals surface area contributed by atoms with Crippen molar-refractivity contribution in [1.82, 2.24) is 10.3 Å². The molecule has 4 atom stereocenters. The molecule has 1 unspecified atom stereocenters. The van der Waals surface area contributed by atoms with Crippen LogP contribution in [0.2, 0.25) is 0 Å². The lowest BCUT2D eigenvalue weighted by Crippen LogP contribution is -2.42. The van der Waals surface area contributed by atoms with Gasteiger partial charge in [-0.2, -0.15) is 0 Å². The van der Waals surface area contributed by atoms with Gasteiger partial charge in [-0.05, 0) is 55.4 Å². The number of anilines is 1. The van der Waals surface area contributed by atoms with Crippen LogP contribution in [0.3, 0.4) is 0 Å². The molecule has 0 spiro atoms. The number of nitrogens with two attached hydrogens (primary N) is 2. The molecule has 5 N–H and O–H groups in total. The molecule has 5 rings (SSSR count). The molecule has 3 heterocycles. The predicted octanol–water partition coefficient (Wildman–Crippen LogP) is 3.28. The molecule has 1 saturated carbocycles. The molecule has 33 heavy (non-hydrogen) atoms. The van der Waals surface area contributed by atoms with E-state index in [4.69, 9.17) is 20.9 Å². The number of thiophene rings is 1. The van der Waals surface area contributed by atoms with Gasteiger partial charge in [0.2, 0.25) is 0 Å². The van der Waals surface area contributed by atoms with Gasteiger partial charge in [0.25, 0.3) is 5.91 Å². The van der Waals surface area contributed by atoms with E-state index < -0.39 is 0 Å². The Kier molecular flexibility index (Phi) is 5.72. The van der Waals surface area contributed by atoms with Crippen LogP contribution >= 0.6 is 11.3 Å². The van der Waals surface area contributed by atoms with Crippen LogP contribution in [0.5, 0.6) is 5.75 Å². The van der Waals surface area contributed by atoms with Crippen LogP contribution in [0.25, 0.3) is 10.2 Å². The van der Waals surface area contributed by atoms with E-state index in [1.165, 1.54) is 11.3 Å². The molecule has 7 nitrogen and oxygen atoms in total. The number of ether oxygens (including phenoxy) is 2. The first-order valence-corrected chi connectivity index (χ1v) is 11.9. The topological polar surface area (TPSA) is 112 Å². The lowest BCUT2D eigenvalue weighted by molar-refractivity contribution is 0.0919. The number of pyridine rings is 1. The number of carbonyl (C=O) groups is 1. The molecule has 9 heteroatoms. The number of nitrogens with one attached hydrogen (secondary N) is 1. The Morgan fingerprint density at radius 1 is 1.30 bits per heavy atom. The average molecular weight is 471 g/mol. The molecule has 1 fully saturated rings. The molecule has 0 radical (unpaired) electrons. The summed E-state index contributed by atoms with van der Waals surface area (Å²) in [7, 11) is 1.64. The number of fused-ring (bicyclic) bond motifs is 2. The van der Waals surface area contributed by atoms with Crippen molar-refractivity contribution in [1.29, 1.82) is 0 Å². The molecule has 2 aromatic heterocycles. The Balaban J connectivity index is 1.31. The summed E-state index contributed by atoms with van der Waals surface area (Å²) >= 11 is 1.27. The van der Waals surface area contributed by atoms with Gasteiger partial charge in [-0.15, -0.1) is 11.3 Å². The van der Waals surface area contributed by atoms with Gasteiger partial charge in [-0.3, -0.25) is 4.79 Å². The number of benzene rings is 1. The highest BCUT2D eigenvalue weighted by molar-refractivity contribution is 7.21. The predicted molar refractivity (Wildman–Crippen MR) is 126 cm³/mol. The Hall–Kier alpha value is -2.75. The highest BCUT2D eigenvalue weighted by Gasteiger charge is 2.36. The van der Waals surface area contributed by atoms with E-state index in [-0.39, 0.29) is 48.2 Å². The molecular formula is C24H27FN4O3S. The van der Waals surface area contributed by atoms with Gasteiger partial charge in [0.1, 0.15) is 16.3 Å². The first kappa shape index (κ1) is 22.1. The van der Waals surface area contributed by atoms with Crippen molar-refractivity contribution >= 4 is 33.1 Å². The van der Waals surface area contributed by atoms with E-state index in [0.29, 0.717) is 35.4 Å². The number of hydrogen-bond acceptors (Lipinski definition) is 7. The third kappa shape index (κ3) is 3.94. The summed E-state index contributed by atoms with van der Waals surface area (Å²) < 4.78 is 26.5. The van der Waals surface area contributed by atoms with Crippen molar-refractivity contribution in [3.63, 3.8) is 0 Å². The maximum Gasteiger partial charge on any atom is 0.263 e. The van der Waals surface area contributed by atoms with E-state index in [1.54, 1.807) is 7.11 Å². The van der Waals surface area contributed by atoms with Crippen LogP contribution in [0.15, 0.2) is 24.3 Å². The van der Waals surface area contributed by atoms with Gasteiger partial charge in [0, 0.05) is 24.2 Å². The van der Waals surface area contributed by atoms with Gasteiger partial charge in [0.15, 0.2) is 11.6 Å². The van der Waals surface area contributed by atoms with E-state index in [2.05, 4.69) is 10.3 Å².